The van der Waals surface area contributed by atoms with Gasteiger partial charge in [0.15, 0.2) is 0 Å². The fourth-order valence-electron chi connectivity index (χ4n) is 2.55. The lowest BCUT2D eigenvalue weighted by molar-refractivity contribution is 0.123. The minimum atomic E-state index is -0.0989. The molecule has 1 saturated heterocycles. The van der Waals surface area contributed by atoms with Crippen molar-refractivity contribution >= 4 is 0 Å². The molecule has 1 aliphatic rings. The maximum Gasteiger partial charge on any atom is 0.0693 e. The molecule has 96 valence electrons. The van der Waals surface area contributed by atoms with Crippen molar-refractivity contribution in [2.24, 2.45) is 0 Å². The molecule has 0 saturated carbocycles. The Morgan fingerprint density at radius 3 is 2.44 bits per heavy atom. The van der Waals surface area contributed by atoms with E-state index in [1.54, 1.807) is 0 Å². The van der Waals surface area contributed by atoms with E-state index in [0.29, 0.717) is 6.04 Å². The second-order valence-corrected chi connectivity index (χ2v) is 5.18. The van der Waals surface area contributed by atoms with Gasteiger partial charge in [0, 0.05) is 6.04 Å². The van der Waals surface area contributed by atoms with Gasteiger partial charge >= 0.3 is 0 Å². The molecular weight excluding hydrogens is 198 g/mol. The summed E-state index contributed by atoms with van der Waals surface area (Å²) in [5.74, 6) is 0. The van der Waals surface area contributed by atoms with E-state index in [1.807, 2.05) is 0 Å². The minimum absolute atomic E-state index is 0.0989. The van der Waals surface area contributed by atoms with Crippen LogP contribution in [-0.4, -0.2) is 23.8 Å². The summed E-state index contributed by atoms with van der Waals surface area (Å²) in [6.45, 7) is 3.35. The van der Waals surface area contributed by atoms with Gasteiger partial charge in [-0.1, -0.05) is 51.9 Å². The Kier molecular flexibility index (Phi) is 7.87. The van der Waals surface area contributed by atoms with Crippen molar-refractivity contribution in [1.29, 1.82) is 0 Å². The predicted octanol–water partition coefficient (Wildman–Crippen LogP) is 3.24. The van der Waals surface area contributed by atoms with E-state index in [2.05, 4.69) is 12.2 Å². The third-order valence-corrected chi connectivity index (χ3v) is 3.67. The van der Waals surface area contributed by atoms with Gasteiger partial charge in [-0.2, -0.15) is 0 Å². The summed E-state index contributed by atoms with van der Waals surface area (Å²) < 4.78 is 0. The lowest BCUT2D eigenvalue weighted by atomic mass is 10.0. The molecule has 2 nitrogen and oxygen atoms in total. The number of aliphatic hydroxyl groups is 1. The first-order valence-corrected chi connectivity index (χ1v) is 7.26. The van der Waals surface area contributed by atoms with Gasteiger partial charge in [0.25, 0.3) is 0 Å². The van der Waals surface area contributed by atoms with Crippen LogP contribution < -0.4 is 5.32 Å². The summed E-state index contributed by atoms with van der Waals surface area (Å²) in [4.78, 5) is 0. The Morgan fingerprint density at radius 1 is 1.12 bits per heavy atom. The van der Waals surface area contributed by atoms with E-state index in [9.17, 15) is 5.11 Å². The van der Waals surface area contributed by atoms with Gasteiger partial charge in [-0.15, -0.1) is 0 Å². The van der Waals surface area contributed by atoms with Crippen molar-refractivity contribution < 1.29 is 5.11 Å². The molecule has 0 aliphatic carbocycles. The molecular formula is C14H29NO. The molecule has 0 aromatic carbocycles. The SMILES string of the molecule is CCCCCCCCCC(O)C1CCCN1. The van der Waals surface area contributed by atoms with Crippen molar-refractivity contribution in [2.45, 2.75) is 83.3 Å². The monoisotopic (exact) mass is 227 g/mol. The van der Waals surface area contributed by atoms with Gasteiger partial charge in [-0.25, -0.2) is 0 Å². The first-order chi connectivity index (χ1) is 7.84. The van der Waals surface area contributed by atoms with E-state index < -0.39 is 0 Å². The zero-order valence-corrected chi connectivity index (χ0v) is 10.9. The van der Waals surface area contributed by atoms with E-state index in [0.717, 1.165) is 19.4 Å². The molecule has 0 aromatic heterocycles. The van der Waals surface area contributed by atoms with E-state index >= 15 is 0 Å². The molecule has 2 heteroatoms. The Balaban J connectivity index is 1.86. The Morgan fingerprint density at radius 2 is 1.81 bits per heavy atom. The number of unbranched alkanes of at least 4 members (excludes halogenated alkanes) is 6. The number of hydrogen-bond donors (Lipinski definition) is 2. The molecule has 16 heavy (non-hydrogen) atoms. The summed E-state index contributed by atoms with van der Waals surface area (Å²) >= 11 is 0. The van der Waals surface area contributed by atoms with E-state index in [-0.39, 0.29) is 6.10 Å². The zero-order chi connectivity index (χ0) is 11.6. The quantitative estimate of drug-likeness (QED) is 0.593. The average molecular weight is 227 g/mol. The second kappa shape index (κ2) is 9.00. The Hall–Kier alpha value is -0.0800. The zero-order valence-electron chi connectivity index (χ0n) is 10.9. The molecule has 1 fully saturated rings. The third kappa shape index (κ3) is 5.86. The molecule has 2 N–H and O–H groups in total. The van der Waals surface area contributed by atoms with Gasteiger partial charge in [0.1, 0.15) is 0 Å². The van der Waals surface area contributed by atoms with Gasteiger partial charge in [0.2, 0.25) is 0 Å². The van der Waals surface area contributed by atoms with Crippen molar-refractivity contribution in [2.75, 3.05) is 6.54 Å². The highest BCUT2D eigenvalue weighted by Gasteiger charge is 2.21. The first kappa shape index (κ1) is 14.0. The van der Waals surface area contributed by atoms with Crippen molar-refractivity contribution in [3.63, 3.8) is 0 Å². The van der Waals surface area contributed by atoms with Gasteiger partial charge in [0.05, 0.1) is 6.10 Å². The Bertz CT molecular complexity index is 155. The van der Waals surface area contributed by atoms with Crippen LogP contribution in [0.5, 0.6) is 0 Å². The number of nitrogens with one attached hydrogen (secondary N) is 1. The van der Waals surface area contributed by atoms with Crippen LogP contribution in [0.4, 0.5) is 0 Å². The Labute approximate surface area is 101 Å². The maximum absolute atomic E-state index is 9.93. The van der Waals surface area contributed by atoms with Crippen LogP contribution in [-0.2, 0) is 0 Å². The van der Waals surface area contributed by atoms with Crippen LogP contribution in [0.1, 0.15) is 71.1 Å². The van der Waals surface area contributed by atoms with Crippen LogP contribution in [0.25, 0.3) is 0 Å². The number of hydrogen-bond acceptors (Lipinski definition) is 2. The lowest BCUT2D eigenvalue weighted by Gasteiger charge is -2.17. The normalized spacial score (nSPS) is 22.5. The van der Waals surface area contributed by atoms with Crippen LogP contribution in [0.2, 0.25) is 0 Å². The molecule has 0 bridgehead atoms. The van der Waals surface area contributed by atoms with Gasteiger partial charge in [-0.3, -0.25) is 0 Å². The second-order valence-electron chi connectivity index (χ2n) is 5.18. The summed E-state index contributed by atoms with van der Waals surface area (Å²) in [7, 11) is 0. The summed E-state index contributed by atoms with van der Waals surface area (Å²) in [5, 5.41) is 13.3. The maximum atomic E-state index is 9.93. The molecule has 2 atom stereocenters. The molecule has 1 aliphatic heterocycles. The molecule has 2 unspecified atom stereocenters. The fraction of sp³-hybridized carbons (Fsp3) is 1.00. The smallest absolute Gasteiger partial charge is 0.0693 e. The molecule has 0 radical (unpaired) electrons. The van der Waals surface area contributed by atoms with Crippen LogP contribution >= 0.6 is 0 Å². The highest BCUT2D eigenvalue weighted by molar-refractivity contribution is 4.80. The van der Waals surface area contributed by atoms with Crippen LogP contribution in [0, 0.1) is 0 Å². The van der Waals surface area contributed by atoms with Crippen LogP contribution in [0.15, 0.2) is 0 Å². The summed E-state index contributed by atoms with van der Waals surface area (Å²) in [6.07, 6.45) is 12.6. The molecule has 1 heterocycles. The largest absolute Gasteiger partial charge is 0.392 e. The van der Waals surface area contributed by atoms with Crippen molar-refractivity contribution in [3.05, 3.63) is 0 Å². The number of rotatable bonds is 9. The molecule has 0 aromatic rings. The highest BCUT2D eigenvalue weighted by atomic mass is 16.3. The molecule has 1 rings (SSSR count). The van der Waals surface area contributed by atoms with Gasteiger partial charge < -0.3 is 10.4 Å². The summed E-state index contributed by atoms with van der Waals surface area (Å²) in [5.41, 5.74) is 0. The fourth-order valence-corrected chi connectivity index (χ4v) is 2.55. The minimum Gasteiger partial charge on any atom is -0.392 e. The predicted molar refractivity (Wildman–Crippen MR) is 69.6 cm³/mol. The number of aliphatic hydroxyl groups excluding tert-OH is 1. The standard InChI is InChI=1S/C14H29NO/c1-2-3-4-5-6-7-8-11-14(16)13-10-9-12-15-13/h13-16H,2-12H2,1H3. The van der Waals surface area contributed by atoms with Gasteiger partial charge in [-0.05, 0) is 25.8 Å². The molecule has 0 spiro atoms. The molecule has 0 amide bonds. The van der Waals surface area contributed by atoms with Crippen molar-refractivity contribution in [1.82, 2.24) is 5.32 Å². The summed E-state index contributed by atoms with van der Waals surface area (Å²) in [6, 6.07) is 0.389. The van der Waals surface area contributed by atoms with Crippen LogP contribution in [0.3, 0.4) is 0 Å². The highest BCUT2D eigenvalue weighted by Crippen LogP contribution is 2.15. The lowest BCUT2D eigenvalue weighted by Crippen LogP contribution is -2.34. The average Bonchev–Trinajstić information content (AvgIpc) is 2.81. The first-order valence-electron chi connectivity index (χ1n) is 7.26. The van der Waals surface area contributed by atoms with Crippen molar-refractivity contribution in [3.8, 4) is 0 Å². The third-order valence-electron chi connectivity index (χ3n) is 3.67. The van der Waals surface area contributed by atoms with E-state index in [1.165, 1.54) is 51.4 Å². The van der Waals surface area contributed by atoms with E-state index in [4.69, 9.17) is 0 Å². The topological polar surface area (TPSA) is 32.3 Å².